The van der Waals surface area contributed by atoms with Crippen molar-refractivity contribution >= 4 is 37.8 Å². The van der Waals surface area contributed by atoms with Crippen molar-refractivity contribution in [2.24, 2.45) is 0 Å². The minimum Gasteiger partial charge on any atom is -0.481 e. The molecule has 0 aliphatic carbocycles. The van der Waals surface area contributed by atoms with E-state index in [2.05, 4.69) is 41.8 Å². The lowest BCUT2D eigenvalue weighted by molar-refractivity contribution is -0.136. The first-order valence-corrected chi connectivity index (χ1v) is 4.57. The molecule has 1 N–H and O–H groups in total. The fourth-order valence-electron chi connectivity index (χ4n) is 0.644. The van der Waals surface area contributed by atoms with Crippen LogP contribution < -0.4 is 0 Å². The highest BCUT2D eigenvalue weighted by Gasteiger charge is 2.07. The van der Waals surface area contributed by atoms with Gasteiger partial charge in [0.2, 0.25) is 0 Å². The van der Waals surface area contributed by atoms with Gasteiger partial charge in [-0.3, -0.25) is 4.79 Å². The van der Waals surface area contributed by atoms with E-state index >= 15 is 0 Å². The molecule has 0 amide bonds. The average Bonchev–Trinajstić information content (AvgIpc) is 1.96. The Kier molecular flexibility index (Phi) is 3.16. The first kappa shape index (κ1) is 9.60. The SMILES string of the molecule is O=C(O)Cc1nc(Br)cnc1Br. The molecule has 6 heteroatoms. The highest BCUT2D eigenvalue weighted by molar-refractivity contribution is 9.10. The van der Waals surface area contributed by atoms with Crippen molar-refractivity contribution in [3.8, 4) is 0 Å². The maximum Gasteiger partial charge on any atom is 0.309 e. The molecule has 0 radical (unpaired) electrons. The highest BCUT2D eigenvalue weighted by atomic mass is 79.9. The summed E-state index contributed by atoms with van der Waals surface area (Å²) in [7, 11) is 0. The Morgan fingerprint density at radius 2 is 2.25 bits per heavy atom. The third-order valence-electron chi connectivity index (χ3n) is 1.08. The molecule has 0 saturated heterocycles. The van der Waals surface area contributed by atoms with Crippen LogP contribution in [-0.2, 0) is 11.2 Å². The van der Waals surface area contributed by atoms with Crippen LogP contribution in [0.25, 0.3) is 0 Å². The number of hydrogen-bond acceptors (Lipinski definition) is 3. The Morgan fingerprint density at radius 3 is 2.83 bits per heavy atom. The predicted octanol–water partition coefficient (Wildman–Crippen LogP) is 1.63. The minimum absolute atomic E-state index is 0.132. The molecule has 1 aromatic rings. The number of carboxylic acids is 1. The van der Waals surface area contributed by atoms with E-state index in [1.165, 1.54) is 6.20 Å². The quantitative estimate of drug-likeness (QED) is 0.901. The molecule has 4 nitrogen and oxygen atoms in total. The zero-order valence-electron chi connectivity index (χ0n) is 5.79. The van der Waals surface area contributed by atoms with Crippen molar-refractivity contribution in [3.05, 3.63) is 21.1 Å². The maximum atomic E-state index is 10.3. The Labute approximate surface area is 85.3 Å². The first-order valence-electron chi connectivity index (χ1n) is 2.98. The van der Waals surface area contributed by atoms with Crippen LogP contribution in [-0.4, -0.2) is 21.0 Å². The molecule has 0 saturated carbocycles. The number of aromatic nitrogens is 2. The molecule has 1 aromatic heterocycles. The van der Waals surface area contributed by atoms with Crippen molar-refractivity contribution in [2.45, 2.75) is 6.42 Å². The molecule has 0 unspecified atom stereocenters. The first-order chi connectivity index (χ1) is 5.59. The van der Waals surface area contributed by atoms with Gasteiger partial charge < -0.3 is 5.11 Å². The summed E-state index contributed by atoms with van der Waals surface area (Å²) in [6.45, 7) is 0. The summed E-state index contributed by atoms with van der Waals surface area (Å²) in [6, 6.07) is 0. The summed E-state index contributed by atoms with van der Waals surface area (Å²) >= 11 is 6.20. The standard InChI is InChI=1S/C6H4Br2N2O2/c7-4-2-9-6(8)3(10-4)1-5(11)12/h2H,1H2,(H,11,12). The minimum atomic E-state index is -0.928. The van der Waals surface area contributed by atoms with Crippen LogP contribution in [0.3, 0.4) is 0 Å². The van der Waals surface area contributed by atoms with E-state index in [-0.39, 0.29) is 6.42 Å². The Balaban J connectivity index is 2.97. The molecule has 1 heterocycles. The average molecular weight is 296 g/mol. The fraction of sp³-hybridized carbons (Fsp3) is 0.167. The monoisotopic (exact) mass is 294 g/mol. The molecule has 64 valence electrons. The molecular weight excluding hydrogens is 292 g/mol. The van der Waals surface area contributed by atoms with Gasteiger partial charge in [0.1, 0.15) is 9.21 Å². The van der Waals surface area contributed by atoms with E-state index in [0.29, 0.717) is 14.9 Å². The summed E-state index contributed by atoms with van der Waals surface area (Å²) in [6.07, 6.45) is 1.36. The molecule has 0 aromatic carbocycles. The van der Waals surface area contributed by atoms with Crippen LogP contribution in [0.5, 0.6) is 0 Å². The summed E-state index contributed by atoms with van der Waals surface area (Å²) in [4.78, 5) is 18.1. The second-order valence-corrected chi connectivity index (χ2v) is 3.56. The molecule has 12 heavy (non-hydrogen) atoms. The van der Waals surface area contributed by atoms with Gasteiger partial charge in [-0.2, -0.15) is 0 Å². The van der Waals surface area contributed by atoms with Crippen molar-refractivity contribution < 1.29 is 9.90 Å². The van der Waals surface area contributed by atoms with E-state index < -0.39 is 5.97 Å². The largest absolute Gasteiger partial charge is 0.481 e. The van der Waals surface area contributed by atoms with Crippen LogP contribution in [0.2, 0.25) is 0 Å². The molecule has 0 bridgehead atoms. The Hall–Kier alpha value is -0.490. The second-order valence-electron chi connectivity index (χ2n) is 2.00. The van der Waals surface area contributed by atoms with Gasteiger partial charge in [-0.15, -0.1) is 0 Å². The van der Waals surface area contributed by atoms with Gasteiger partial charge >= 0.3 is 5.97 Å². The van der Waals surface area contributed by atoms with Crippen molar-refractivity contribution in [1.82, 2.24) is 9.97 Å². The van der Waals surface area contributed by atoms with E-state index in [9.17, 15) is 4.79 Å². The summed E-state index contributed by atoms with van der Waals surface area (Å²) in [5.74, 6) is -0.928. The van der Waals surface area contributed by atoms with E-state index in [1.807, 2.05) is 0 Å². The highest BCUT2D eigenvalue weighted by Crippen LogP contribution is 2.14. The van der Waals surface area contributed by atoms with Gasteiger partial charge in [0.25, 0.3) is 0 Å². The van der Waals surface area contributed by atoms with Crippen LogP contribution in [0, 0.1) is 0 Å². The normalized spacial score (nSPS) is 9.83. The Bertz CT molecular complexity index is 316. The van der Waals surface area contributed by atoms with Gasteiger partial charge in [-0.25, -0.2) is 9.97 Å². The topological polar surface area (TPSA) is 63.1 Å². The third kappa shape index (κ3) is 2.53. The summed E-state index contributed by atoms with van der Waals surface area (Å²) in [5.41, 5.74) is 0.414. The lowest BCUT2D eigenvalue weighted by atomic mass is 10.3. The number of halogens is 2. The van der Waals surface area contributed by atoms with Gasteiger partial charge in [0.15, 0.2) is 0 Å². The zero-order chi connectivity index (χ0) is 9.14. The van der Waals surface area contributed by atoms with Gasteiger partial charge in [-0.05, 0) is 31.9 Å². The lowest BCUT2D eigenvalue weighted by Crippen LogP contribution is -2.04. The van der Waals surface area contributed by atoms with Crippen molar-refractivity contribution in [1.29, 1.82) is 0 Å². The van der Waals surface area contributed by atoms with Gasteiger partial charge in [-0.1, -0.05) is 0 Å². The van der Waals surface area contributed by atoms with Crippen LogP contribution in [0.15, 0.2) is 15.4 Å². The van der Waals surface area contributed by atoms with E-state index in [4.69, 9.17) is 5.11 Å². The number of hydrogen-bond donors (Lipinski definition) is 1. The molecule has 0 aliphatic heterocycles. The molecule has 0 aliphatic rings. The van der Waals surface area contributed by atoms with Crippen LogP contribution in [0.4, 0.5) is 0 Å². The lowest BCUT2D eigenvalue weighted by Gasteiger charge is -1.98. The summed E-state index contributed by atoms with van der Waals surface area (Å²) in [5, 5.41) is 8.48. The zero-order valence-corrected chi connectivity index (χ0v) is 8.96. The number of carbonyl (C=O) groups is 1. The summed E-state index contributed by atoms with van der Waals surface area (Å²) < 4.78 is 0.995. The van der Waals surface area contributed by atoms with E-state index in [1.54, 1.807) is 0 Å². The molecule has 0 spiro atoms. The smallest absolute Gasteiger partial charge is 0.309 e. The number of rotatable bonds is 2. The fourth-order valence-corrected chi connectivity index (χ4v) is 1.29. The number of carboxylic acid groups (broad SMARTS) is 1. The predicted molar refractivity (Wildman–Crippen MR) is 48.8 cm³/mol. The third-order valence-corrected chi connectivity index (χ3v) is 2.13. The molecule has 0 fully saturated rings. The number of aliphatic carboxylic acids is 1. The Morgan fingerprint density at radius 1 is 1.58 bits per heavy atom. The molecule has 0 atom stereocenters. The molecular formula is C6H4Br2N2O2. The maximum absolute atomic E-state index is 10.3. The van der Waals surface area contributed by atoms with Crippen LogP contribution >= 0.6 is 31.9 Å². The van der Waals surface area contributed by atoms with E-state index in [0.717, 1.165) is 0 Å². The van der Waals surface area contributed by atoms with Gasteiger partial charge in [0.05, 0.1) is 18.3 Å². The second kappa shape index (κ2) is 3.95. The van der Waals surface area contributed by atoms with Crippen molar-refractivity contribution in [2.75, 3.05) is 0 Å². The molecule has 1 rings (SSSR count). The number of nitrogens with zero attached hydrogens (tertiary/aromatic N) is 2. The van der Waals surface area contributed by atoms with Crippen LogP contribution in [0.1, 0.15) is 5.69 Å². The van der Waals surface area contributed by atoms with Gasteiger partial charge in [0, 0.05) is 0 Å². The van der Waals surface area contributed by atoms with Crippen molar-refractivity contribution in [3.63, 3.8) is 0 Å².